The topological polar surface area (TPSA) is 73.7 Å². The molecular weight excluding hydrogens is 258 g/mol. The van der Waals surface area contributed by atoms with Gasteiger partial charge in [0, 0.05) is 31.9 Å². The molecule has 108 valence electrons. The molecule has 0 aromatic carbocycles. The van der Waals surface area contributed by atoms with Crippen LogP contribution in [0.25, 0.3) is 0 Å². The van der Waals surface area contributed by atoms with Gasteiger partial charge in [-0.1, -0.05) is 6.07 Å². The minimum atomic E-state index is -0.829. The second-order valence-corrected chi connectivity index (χ2v) is 4.98. The van der Waals surface area contributed by atoms with Gasteiger partial charge in [-0.2, -0.15) is 0 Å². The third-order valence-corrected chi connectivity index (χ3v) is 3.34. The fourth-order valence-electron chi connectivity index (χ4n) is 2.35. The summed E-state index contributed by atoms with van der Waals surface area (Å²) in [6.07, 6.45) is 0.783. The molecule has 6 nitrogen and oxygen atoms in total. The van der Waals surface area contributed by atoms with Gasteiger partial charge >= 0.3 is 5.97 Å². The lowest BCUT2D eigenvalue weighted by molar-refractivity contribution is -0.138. The number of hydrogen-bond acceptors (Lipinski definition) is 4. The molecule has 1 aliphatic heterocycles. The predicted molar refractivity (Wildman–Crippen MR) is 73.6 cm³/mol. The third kappa shape index (κ3) is 3.77. The maximum Gasteiger partial charge on any atom is 0.317 e. The molecule has 20 heavy (non-hydrogen) atoms. The molecule has 2 heterocycles. The predicted octanol–water partition coefficient (Wildman–Crippen LogP) is 0.623. The van der Waals surface area contributed by atoms with Gasteiger partial charge in [0.15, 0.2) is 0 Å². The molecule has 0 radical (unpaired) electrons. The Labute approximate surface area is 118 Å². The minimum Gasteiger partial charge on any atom is -0.480 e. The lowest BCUT2D eigenvalue weighted by atomic mass is 10.2. The van der Waals surface area contributed by atoms with Crippen LogP contribution in [0.3, 0.4) is 0 Å². The van der Waals surface area contributed by atoms with Crippen LogP contribution in [-0.4, -0.2) is 64.5 Å². The molecule has 0 atom stereocenters. The second-order valence-electron chi connectivity index (χ2n) is 4.98. The number of aromatic nitrogens is 1. The van der Waals surface area contributed by atoms with Crippen LogP contribution in [0.4, 0.5) is 0 Å². The van der Waals surface area contributed by atoms with Crippen LogP contribution in [-0.2, 0) is 4.79 Å². The summed E-state index contributed by atoms with van der Waals surface area (Å²) in [5.74, 6) is -0.906. The summed E-state index contributed by atoms with van der Waals surface area (Å²) < 4.78 is 0. The van der Waals surface area contributed by atoms with Gasteiger partial charge in [0.25, 0.3) is 5.91 Å². The number of nitrogens with zero attached hydrogens (tertiary/aromatic N) is 3. The highest BCUT2D eigenvalue weighted by Crippen LogP contribution is 2.08. The van der Waals surface area contributed by atoms with Gasteiger partial charge < -0.3 is 10.0 Å². The SMILES string of the molecule is Cc1cccc(C(=O)N2CCCN(CC(=O)O)CC2)n1. The Morgan fingerprint density at radius 1 is 1.25 bits per heavy atom. The van der Waals surface area contributed by atoms with Gasteiger partial charge in [-0.15, -0.1) is 0 Å². The van der Waals surface area contributed by atoms with Crippen LogP contribution in [0.15, 0.2) is 18.2 Å². The number of carbonyl (C=O) groups excluding carboxylic acids is 1. The van der Waals surface area contributed by atoms with E-state index in [4.69, 9.17) is 5.11 Å². The van der Waals surface area contributed by atoms with Gasteiger partial charge in [0.05, 0.1) is 6.54 Å². The lowest BCUT2D eigenvalue weighted by Gasteiger charge is -2.20. The maximum absolute atomic E-state index is 12.4. The van der Waals surface area contributed by atoms with Gasteiger partial charge in [0.2, 0.25) is 0 Å². The number of pyridine rings is 1. The molecule has 0 spiro atoms. The first-order valence-corrected chi connectivity index (χ1v) is 6.73. The zero-order valence-electron chi connectivity index (χ0n) is 11.6. The summed E-state index contributed by atoms with van der Waals surface area (Å²) in [5.41, 5.74) is 1.27. The fraction of sp³-hybridized carbons (Fsp3) is 0.500. The fourth-order valence-corrected chi connectivity index (χ4v) is 2.35. The molecular formula is C14H19N3O3. The summed E-state index contributed by atoms with van der Waals surface area (Å²) in [6.45, 7) is 4.37. The molecule has 0 aliphatic carbocycles. The van der Waals surface area contributed by atoms with Crippen molar-refractivity contribution in [1.82, 2.24) is 14.8 Å². The smallest absolute Gasteiger partial charge is 0.317 e. The lowest BCUT2D eigenvalue weighted by Crippen LogP contribution is -2.37. The van der Waals surface area contributed by atoms with Crippen LogP contribution in [0.2, 0.25) is 0 Å². The van der Waals surface area contributed by atoms with E-state index in [-0.39, 0.29) is 12.5 Å². The largest absolute Gasteiger partial charge is 0.480 e. The highest BCUT2D eigenvalue weighted by Gasteiger charge is 2.21. The summed E-state index contributed by atoms with van der Waals surface area (Å²) in [4.78, 5) is 30.9. The number of aryl methyl sites for hydroxylation is 1. The molecule has 2 rings (SSSR count). The molecule has 1 aromatic rings. The Kier molecular flexibility index (Phi) is 4.68. The highest BCUT2D eigenvalue weighted by molar-refractivity contribution is 5.92. The number of carbonyl (C=O) groups is 2. The third-order valence-electron chi connectivity index (χ3n) is 3.34. The summed E-state index contributed by atoms with van der Waals surface area (Å²) in [7, 11) is 0. The van der Waals surface area contributed by atoms with E-state index >= 15 is 0 Å². The van der Waals surface area contributed by atoms with Crippen molar-refractivity contribution in [3.8, 4) is 0 Å². The zero-order chi connectivity index (χ0) is 14.5. The van der Waals surface area contributed by atoms with Crippen molar-refractivity contribution < 1.29 is 14.7 Å². The molecule has 6 heteroatoms. The van der Waals surface area contributed by atoms with Crippen LogP contribution in [0.1, 0.15) is 22.6 Å². The van der Waals surface area contributed by atoms with Crippen molar-refractivity contribution in [2.75, 3.05) is 32.7 Å². The number of amides is 1. The Bertz CT molecular complexity index is 504. The highest BCUT2D eigenvalue weighted by atomic mass is 16.4. The first kappa shape index (κ1) is 14.5. The van der Waals surface area contributed by atoms with Gasteiger partial charge in [-0.3, -0.25) is 14.5 Å². The molecule has 0 saturated carbocycles. The summed E-state index contributed by atoms with van der Waals surface area (Å²) >= 11 is 0. The summed E-state index contributed by atoms with van der Waals surface area (Å²) in [5, 5.41) is 8.81. The van der Waals surface area contributed by atoms with E-state index in [1.165, 1.54) is 0 Å². The average molecular weight is 277 g/mol. The van der Waals surface area contributed by atoms with Gasteiger partial charge in [-0.25, -0.2) is 4.98 Å². The molecule has 1 fully saturated rings. The summed E-state index contributed by atoms with van der Waals surface area (Å²) in [6, 6.07) is 5.40. The van der Waals surface area contributed by atoms with Crippen LogP contribution in [0, 0.1) is 6.92 Å². The average Bonchev–Trinajstić information content (AvgIpc) is 2.63. The number of rotatable bonds is 3. The Morgan fingerprint density at radius 3 is 2.75 bits per heavy atom. The second kappa shape index (κ2) is 6.47. The van der Waals surface area contributed by atoms with E-state index in [1.54, 1.807) is 11.0 Å². The normalized spacial score (nSPS) is 16.8. The van der Waals surface area contributed by atoms with Crippen LogP contribution in [0.5, 0.6) is 0 Å². The van der Waals surface area contributed by atoms with Crippen molar-refractivity contribution in [3.63, 3.8) is 0 Å². The van der Waals surface area contributed by atoms with Crippen LogP contribution >= 0.6 is 0 Å². The van der Waals surface area contributed by atoms with Crippen molar-refractivity contribution in [2.24, 2.45) is 0 Å². The number of carboxylic acids is 1. The molecule has 0 unspecified atom stereocenters. The number of aliphatic carboxylic acids is 1. The Hall–Kier alpha value is -1.95. The monoisotopic (exact) mass is 277 g/mol. The Balaban J connectivity index is 1.99. The first-order valence-electron chi connectivity index (χ1n) is 6.73. The zero-order valence-corrected chi connectivity index (χ0v) is 11.6. The van der Waals surface area contributed by atoms with Crippen LogP contribution < -0.4 is 0 Å². The van der Waals surface area contributed by atoms with Crippen molar-refractivity contribution in [2.45, 2.75) is 13.3 Å². The van der Waals surface area contributed by atoms with E-state index in [2.05, 4.69) is 4.98 Å². The van der Waals surface area contributed by atoms with Crippen molar-refractivity contribution in [3.05, 3.63) is 29.6 Å². The maximum atomic E-state index is 12.4. The standard InChI is InChI=1S/C14H19N3O3/c1-11-4-2-5-12(15-11)14(20)17-7-3-6-16(8-9-17)10-13(18)19/h2,4-5H,3,6-10H2,1H3,(H,18,19). The number of hydrogen-bond donors (Lipinski definition) is 1. The molecule has 1 N–H and O–H groups in total. The molecule has 1 saturated heterocycles. The van der Waals surface area contributed by atoms with Gasteiger partial charge in [-0.05, 0) is 25.5 Å². The minimum absolute atomic E-state index is 0.0325. The van der Waals surface area contributed by atoms with E-state index in [9.17, 15) is 9.59 Å². The molecule has 1 aromatic heterocycles. The Morgan fingerprint density at radius 2 is 2.05 bits per heavy atom. The van der Waals surface area contributed by atoms with Crippen molar-refractivity contribution >= 4 is 11.9 Å². The first-order chi connectivity index (χ1) is 9.56. The van der Waals surface area contributed by atoms with E-state index in [1.807, 2.05) is 24.0 Å². The van der Waals surface area contributed by atoms with E-state index in [0.29, 0.717) is 31.9 Å². The number of carboxylic acid groups (broad SMARTS) is 1. The van der Waals surface area contributed by atoms with Crippen molar-refractivity contribution in [1.29, 1.82) is 0 Å². The molecule has 0 bridgehead atoms. The van der Waals surface area contributed by atoms with E-state index in [0.717, 1.165) is 12.1 Å². The van der Waals surface area contributed by atoms with E-state index < -0.39 is 5.97 Å². The molecule has 1 aliphatic rings. The quantitative estimate of drug-likeness (QED) is 0.877. The van der Waals surface area contributed by atoms with Gasteiger partial charge in [0.1, 0.15) is 5.69 Å². The molecule has 1 amide bonds.